The minimum atomic E-state index is -1.03. The van der Waals surface area contributed by atoms with Crippen molar-refractivity contribution < 1.29 is 19.4 Å². The molecule has 10 heteroatoms. The van der Waals surface area contributed by atoms with E-state index in [1.807, 2.05) is 52.8 Å². The van der Waals surface area contributed by atoms with Gasteiger partial charge in [-0.05, 0) is 70.5 Å². The number of ether oxygens (including phenoxy) is 1. The van der Waals surface area contributed by atoms with Crippen LogP contribution in [0.5, 0.6) is 5.88 Å². The van der Waals surface area contributed by atoms with Crippen LogP contribution in [-0.2, 0) is 0 Å². The van der Waals surface area contributed by atoms with Crippen LogP contribution in [-0.4, -0.2) is 38.1 Å². The SMILES string of the molecule is CC1(C)C[C@@H](N(C(=O)O)C(C)(C)C)c2cc(-c3ccc(Cl)cc3)c(-c3ccc(C(=O)NN)cc3Cl)nc2O1. The van der Waals surface area contributed by atoms with Gasteiger partial charge in [-0.25, -0.2) is 15.6 Å². The summed E-state index contributed by atoms with van der Waals surface area (Å²) < 4.78 is 6.31. The number of carbonyl (C=O) groups is 2. The molecule has 2 aromatic carbocycles. The van der Waals surface area contributed by atoms with Crippen molar-refractivity contribution in [3.8, 4) is 28.3 Å². The fraction of sp³-hybridized carbons (Fsp3) is 0.321. The Morgan fingerprint density at radius 3 is 2.32 bits per heavy atom. The van der Waals surface area contributed by atoms with Crippen molar-refractivity contribution >= 4 is 35.2 Å². The number of fused-ring (bicyclic) bond motifs is 1. The second-order valence-electron chi connectivity index (χ2n) is 10.9. The van der Waals surface area contributed by atoms with Crippen LogP contribution in [0.1, 0.15) is 63.0 Å². The fourth-order valence-electron chi connectivity index (χ4n) is 4.82. The van der Waals surface area contributed by atoms with E-state index in [0.717, 1.165) is 5.56 Å². The third kappa shape index (κ3) is 5.43. The molecule has 0 aliphatic carbocycles. The number of hydrazine groups is 1. The average Bonchev–Trinajstić information content (AvgIpc) is 2.81. The number of rotatable bonds is 4. The number of nitrogens with one attached hydrogen (secondary N) is 1. The van der Waals surface area contributed by atoms with Gasteiger partial charge in [0.2, 0.25) is 5.88 Å². The van der Waals surface area contributed by atoms with Gasteiger partial charge in [-0.1, -0.05) is 41.4 Å². The van der Waals surface area contributed by atoms with Crippen LogP contribution in [0.15, 0.2) is 48.5 Å². The van der Waals surface area contributed by atoms with Gasteiger partial charge in [0.25, 0.3) is 5.91 Å². The van der Waals surface area contributed by atoms with E-state index in [1.165, 1.54) is 11.0 Å². The molecule has 0 saturated heterocycles. The molecule has 0 saturated carbocycles. The maximum Gasteiger partial charge on any atom is 0.408 e. The minimum Gasteiger partial charge on any atom is -0.471 e. The Balaban J connectivity index is 2.00. The third-order valence-electron chi connectivity index (χ3n) is 6.45. The highest BCUT2D eigenvalue weighted by Crippen LogP contribution is 2.48. The van der Waals surface area contributed by atoms with Gasteiger partial charge in [0.1, 0.15) is 5.60 Å². The van der Waals surface area contributed by atoms with Crippen LogP contribution in [0.25, 0.3) is 22.4 Å². The standard InChI is InChI=1S/C28H30Cl2N4O4/c1-27(2,3)34(26(36)37)22-14-28(4,5)38-25-20(22)13-19(15-6-9-17(29)10-7-15)23(32-25)18-11-8-16(12-21(18)30)24(35)33-31/h6-13,22H,14,31H2,1-5H3,(H,33,35)(H,36,37)/t22-/m1/s1. The van der Waals surface area contributed by atoms with Crippen molar-refractivity contribution in [2.75, 3.05) is 0 Å². The number of pyridine rings is 1. The van der Waals surface area contributed by atoms with E-state index in [4.69, 9.17) is 38.8 Å². The number of aromatic nitrogens is 1. The smallest absolute Gasteiger partial charge is 0.408 e. The first kappa shape index (κ1) is 27.7. The van der Waals surface area contributed by atoms with Crippen LogP contribution in [0.4, 0.5) is 4.79 Å². The van der Waals surface area contributed by atoms with Crippen molar-refractivity contribution in [3.05, 3.63) is 69.7 Å². The van der Waals surface area contributed by atoms with Gasteiger partial charge < -0.3 is 9.84 Å². The lowest BCUT2D eigenvalue weighted by Crippen LogP contribution is -2.51. The fourth-order valence-corrected chi connectivity index (χ4v) is 5.21. The molecule has 0 unspecified atom stereocenters. The molecule has 3 aromatic rings. The van der Waals surface area contributed by atoms with Crippen LogP contribution >= 0.6 is 23.2 Å². The molecule has 0 fully saturated rings. The number of nitrogens with two attached hydrogens (primary N) is 1. The maximum atomic E-state index is 12.5. The predicted octanol–water partition coefficient (Wildman–Crippen LogP) is 6.71. The lowest BCUT2D eigenvalue weighted by atomic mass is 9.86. The topological polar surface area (TPSA) is 118 Å². The van der Waals surface area contributed by atoms with Crippen molar-refractivity contribution in [1.29, 1.82) is 0 Å². The lowest BCUT2D eigenvalue weighted by Gasteiger charge is -2.46. The number of nitrogens with zero attached hydrogens (tertiary/aromatic N) is 2. The Hall–Kier alpha value is -3.33. The Bertz CT molecular complexity index is 1400. The number of halogens is 2. The highest BCUT2D eigenvalue weighted by Gasteiger charge is 2.44. The maximum absolute atomic E-state index is 12.5. The molecule has 2 heterocycles. The first-order valence-corrected chi connectivity index (χ1v) is 12.8. The molecule has 2 amide bonds. The van der Waals surface area contributed by atoms with Crippen LogP contribution in [0, 0.1) is 0 Å². The quantitative estimate of drug-likeness (QED) is 0.187. The second-order valence-corrected chi connectivity index (χ2v) is 11.7. The summed E-state index contributed by atoms with van der Waals surface area (Å²) >= 11 is 12.8. The summed E-state index contributed by atoms with van der Waals surface area (Å²) in [4.78, 5) is 30.9. The van der Waals surface area contributed by atoms with Gasteiger partial charge >= 0.3 is 6.09 Å². The van der Waals surface area contributed by atoms with Crippen molar-refractivity contribution in [2.24, 2.45) is 5.84 Å². The van der Waals surface area contributed by atoms with Crippen molar-refractivity contribution in [3.63, 3.8) is 0 Å². The normalized spacial score (nSPS) is 16.3. The van der Waals surface area contributed by atoms with E-state index in [2.05, 4.69) is 5.43 Å². The van der Waals surface area contributed by atoms with E-state index < -0.39 is 29.2 Å². The Morgan fingerprint density at radius 1 is 1.11 bits per heavy atom. The summed E-state index contributed by atoms with van der Waals surface area (Å²) in [7, 11) is 0. The van der Waals surface area contributed by atoms with E-state index in [-0.39, 0.29) is 0 Å². The first-order valence-electron chi connectivity index (χ1n) is 12.0. The molecule has 0 bridgehead atoms. The zero-order valence-electron chi connectivity index (χ0n) is 21.8. The molecular formula is C28H30Cl2N4O4. The van der Waals surface area contributed by atoms with Gasteiger partial charge in [0.05, 0.1) is 16.8 Å². The number of carboxylic acid groups (broad SMARTS) is 1. The highest BCUT2D eigenvalue weighted by molar-refractivity contribution is 6.34. The number of benzene rings is 2. The summed E-state index contributed by atoms with van der Waals surface area (Å²) in [6, 6.07) is 13.5. The number of carbonyl (C=O) groups excluding carboxylic acids is 1. The molecule has 4 rings (SSSR count). The van der Waals surface area contributed by atoms with Crippen LogP contribution in [0.2, 0.25) is 10.0 Å². The zero-order chi connectivity index (χ0) is 28.0. The highest BCUT2D eigenvalue weighted by atomic mass is 35.5. The second kappa shape index (κ2) is 10.1. The molecule has 1 aliphatic heterocycles. The van der Waals surface area contributed by atoms with Gasteiger partial charge in [-0.15, -0.1) is 0 Å². The first-order chi connectivity index (χ1) is 17.7. The molecule has 0 spiro atoms. The Labute approximate surface area is 231 Å². The number of hydrogen-bond acceptors (Lipinski definition) is 5. The minimum absolute atomic E-state index is 0.294. The van der Waals surface area contributed by atoms with Gasteiger partial charge in [-0.2, -0.15) is 0 Å². The average molecular weight is 557 g/mol. The summed E-state index contributed by atoms with van der Waals surface area (Å²) in [6.07, 6.45) is -0.589. The summed E-state index contributed by atoms with van der Waals surface area (Å²) in [5, 5.41) is 11.1. The van der Waals surface area contributed by atoms with Gasteiger partial charge in [0.15, 0.2) is 0 Å². The molecule has 0 radical (unpaired) electrons. The number of nitrogen functional groups attached to an aromatic ring is 1. The van der Waals surface area contributed by atoms with Gasteiger partial charge in [-0.3, -0.25) is 15.1 Å². The molecule has 4 N–H and O–H groups in total. The molecule has 200 valence electrons. The summed E-state index contributed by atoms with van der Waals surface area (Å²) in [5.74, 6) is 5.13. The van der Waals surface area contributed by atoms with E-state index >= 15 is 0 Å². The molecule has 1 aliphatic rings. The third-order valence-corrected chi connectivity index (χ3v) is 7.01. The molecule has 1 aromatic heterocycles. The largest absolute Gasteiger partial charge is 0.471 e. The zero-order valence-corrected chi connectivity index (χ0v) is 23.3. The van der Waals surface area contributed by atoms with E-state index in [9.17, 15) is 14.7 Å². The molecule has 38 heavy (non-hydrogen) atoms. The van der Waals surface area contributed by atoms with Crippen LogP contribution in [0.3, 0.4) is 0 Å². The number of amides is 2. The Morgan fingerprint density at radius 2 is 1.76 bits per heavy atom. The summed E-state index contributed by atoms with van der Waals surface area (Å²) in [6.45, 7) is 9.42. The number of hydrogen-bond donors (Lipinski definition) is 3. The lowest BCUT2D eigenvalue weighted by molar-refractivity contribution is 0.00155. The summed E-state index contributed by atoms with van der Waals surface area (Å²) in [5.41, 5.74) is 4.30. The van der Waals surface area contributed by atoms with E-state index in [1.54, 1.807) is 24.3 Å². The van der Waals surface area contributed by atoms with E-state index in [0.29, 0.717) is 50.3 Å². The van der Waals surface area contributed by atoms with Gasteiger partial charge in [0, 0.05) is 39.2 Å². The molecule has 8 nitrogen and oxygen atoms in total. The predicted molar refractivity (Wildman–Crippen MR) is 148 cm³/mol. The Kier molecular flexibility index (Phi) is 7.36. The monoisotopic (exact) mass is 556 g/mol. The molecular weight excluding hydrogens is 527 g/mol. The van der Waals surface area contributed by atoms with Crippen molar-refractivity contribution in [2.45, 2.75) is 58.2 Å². The van der Waals surface area contributed by atoms with Crippen LogP contribution < -0.4 is 16.0 Å². The molecule has 1 atom stereocenters. The van der Waals surface area contributed by atoms with Crippen molar-refractivity contribution in [1.82, 2.24) is 15.3 Å².